The molecule has 4 rings (SSSR count). The molecular formula is C22H21N5O2. The number of amides is 1. The van der Waals surface area contributed by atoms with Gasteiger partial charge in [-0.25, -0.2) is 9.50 Å². The van der Waals surface area contributed by atoms with Crippen LogP contribution in [0.3, 0.4) is 0 Å². The third-order valence-corrected chi connectivity index (χ3v) is 4.52. The summed E-state index contributed by atoms with van der Waals surface area (Å²) >= 11 is 0. The molecule has 2 aromatic heterocycles. The molecule has 0 spiro atoms. The van der Waals surface area contributed by atoms with Gasteiger partial charge < -0.3 is 15.4 Å². The Morgan fingerprint density at radius 3 is 2.45 bits per heavy atom. The van der Waals surface area contributed by atoms with Crippen LogP contribution in [-0.2, 0) is 0 Å². The topological polar surface area (TPSA) is 80.6 Å². The summed E-state index contributed by atoms with van der Waals surface area (Å²) in [6.07, 6.45) is 0. The van der Waals surface area contributed by atoms with E-state index in [1.165, 1.54) is 0 Å². The van der Waals surface area contributed by atoms with Crippen molar-refractivity contribution in [1.82, 2.24) is 14.6 Å². The van der Waals surface area contributed by atoms with Crippen molar-refractivity contribution in [3.63, 3.8) is 0 Å². The number of nitrogens with one attached hydrogen (secondary N) is 2. The summed E-state index contributed by atoms with van der Waals surface area (Å²) in [6.45, 7) is 3.87. The summed E-state index contributed by atoms with van der Waals surface area (Å²) in [5.74, 6) is 1.05. The molecule has 0 atom stereocenters. The molecular weight excluding hydrogens is 366 g/mol. The first-order chi connectivity index (χ1) is 14.0. The van der Waals surface area contributed by atoms with E-state index < -0.39 is 0 Å². The predicted molar refractivity (Wildman–Crippen MR) is 113 cm³/mol. The number of ether oxygens (including phenoxy) is 1. The highest BCUT2D eigenvalue weighted by molar-refractivity contribution is 6.08. The molecule has 29 heavy (non-hydrogen) atoms. The minimum atomic E-state index is -0.223. The summed E-state index contributed by atoms with van der Waals surface area (Å²) < 4.78 is 6.93. The lowest BCUT2D eigenvalue weighted by Gasteiger charge is -2.09. The molecule has 1 amide bonds. The number of hydrogen-bond acceptors (Lipinski definition) is 5. The molecule has 146 valence electrons. The van der Waals surface area contributed by atoms with Crippen LogP contribution in [0.5, 0.6) is 5.75 Å². The second-order valence-electron chi connectivity index (χ2n) is 6.67. The van der Waals surface area contributed by atoms with E-state index in [9.17, 15) is 4.79 Å². The van der Waals surface area contributed by atoms with Gasteiger partial charge in [0.2, 0.25) is 0 Å². The van der Waals surface area contributed by atoms with Crippen molar-refractivity contribution < 1.29 is 9.53 Å². The third-order valence-electron chi connectivity index (χ3n) is 4.52. The van der Waals surface area contributed by atoms with Crippen LogP contribution in [0.2, 0.25) is 0 Å². The van der Waals surface area contributed by atoms with Crippen molar-refractivity contribution in [3.8, 4) is 5.75 Å². The number of rotatable bonds is 5. The van der Waals surface area contributed by atoms with E-state index in [0.717, 1.165) is 22.8 Å². The van der Waals surface area contributed by atoms with Crippen LogP contribution in [0.25, 0.3) is 5.65 Å². The van der Waals surface area contributed by atoms with Gasteiger partial charge in [-0.3, -0.25) is 4.79 Å². The Kier molecular flexibility index (Phi) is 4.87. The van der Waals surface area contributed by atoms with Crippen LogP contribution >= 0.6 is 0 Å². The number of anilines is 3. The number of fused-ring (bicyclic) bond motifs is 1. The van der Waals surface area contributed by atoms with Gasteiger partial charge in [-0.15, -0.1) is 5.10 Å². The van der Waals surface area contributed by atoms with Gasteiger partial charge in [0.05, 0.1) is 7.11 Å². The summed E-state index contributed by atoms with van der Waals surface area (Å²) in [6, 6.07) is 18.5. The lowest BCUT2D eigenvalue weighted by molar-refractivity contribution is 0.102. The maximum Gasteiger partial charge on any atom is 0.255 e. The molecule has 0 unspecified atom stereocenters. The maximum atomic E-state index is 12.8. The lowest BCUT2D eigenvalue weighted by Crippen LogP contribution is -2.13. The number of aromatic nitrogens is 3. The molecule has 0 aliphatic carbocycles. The van der Waals surface area contributed by atoms with E-state index in [2.05, 4.69) is 20.7 Å². The van der Waals surface area contributed by atoms with Crippen LogP contribution in [0, 0.1) is 13.8 Å². The van der Waals surface area contributed by atoms with Crippen molar-refractivity contribution in [2.24, 2.45) is 0 Å². The van der Waals surface area contributed by atoms with Crippen LogP contribution in [0.4, 0.5) is 17.2 Å². The van der Waals surface area contributed by atoms with Crippen molar-refractivity contribution in [2.75, 3.05) is 17.7 Å². The van der Waals surface area contributed by atoms with E-state index >= 15 is 0 Å². The zero-order chi connectivity index (χ0) is 20.4. The van der Waals surface area contributed by atoms with E-state index in [1.54, 1.807) is 23.8 Å². The van der Waals surface area contributed by atoms with Gasteiger partial charge >= 0.3 is 0 Å². The fraction of sp³-hybridized carbons (Fsp3) is 0.136. The fourth-order valence-electron chi connectivity index (χ4n) is 3.11. The number of carbonyl (C=O) groups excluding carboxylic acids is 1. The Hall–Kier alpha value is -3.87. The average Bonchev–Trinajstić information content (AvgIpc) is 3.06. The summed E-state index contributed by atoms with van der Waals surface area (Å²) in [7, 11) is 1.62. The Balaban J connectivity index is 1.76. The molecule has 2 N–H and O–H groups in total. The summed E-state index contributed by atoms with van der Waals surface area (Å²) in [5, 5.41) is 10.9. The normalized spacial score (nSPS) is 10.7. The number of benzene rings is 2. The highest BCUT2D eigenvalue weighted by Gasteiger charge is 2.19. The van der Waals surface area contributed by atoms with E-state index in [4.69, 9.17) is 4.74 Å². The standard InChI is InChI=1S/C22H21N5O2/c1-14-13-15(2)27-21(23-14)19(25-22(28)16-7-5-4-6-8-16)20(26-27)24-17-9-11-18(29-3)12-10-17/h4-13H,1-3H3,(H,24,26)(H,25,28). The van der Waals surface area contributed by atoms with Gasteiger partial charge in [-0.1, -0.05) is 18.2 Å². The number of carbonyl (C=O) groups is 1. The number of aryl methyl sites for hydroxylation is 2. The average molecular weight is 387 g/mol. The second kappa shape index (κ2) is 7.63. The molecule has 0 fully saturated rings. The molecule has 0 saturated heterocycles. The molecule has 0 aliphatic heterocycles. The van der Waals surface area contributed by atoms with Crippen LogP contribution in [0.1, 0.15) is 21.7 Å². The smallest absolute Gasteiger partial charge is 0.255 e. The molecule has 0 radical (unpaired) electrons. The first kappa shape index (κ1) is 18.5. The first-order valence-corrected chi connectivity index (χ1v) is 9.19. The molecule has 4 aromatic rings. The molecule has 7 heteroatoms. The monoisotopic (exact) mass is 387 g/mol. The number of hydrogen-bond donors (Lipinski definition) is 2. The van der Waals surface area contributed by atoms with Gasteiger partial charge in [0.1, 0.15) is 11.4 Å². The highest BCUT2D eigenvalue weighted by Crippen LogP contribution is 2.30. The van der Waals surface area contributed by atoms with Gasteiger partial charge in [0.25, 0.3) is 5.91 Å². The maximum absolute atomic E-state index is 12.8. The van der Waals surface area contributed by atoms with Gasteiger partial charge in [0, 0.05) is 22.6 Å². The van der Waals surface area contributed by atoms with E-state index in [0.29, 0.717) is 22.7 Å². The van der Waals surface area contributed by atoms with Crippen LogP contribution < -0.4 is 15.4 Å². The molecule has 0 saturated carbocycles. The quantitative estimate of drug-likeness (QED) is 0.532. The molecule has 2 aromatic carbocycles. The lowest BCUT2D eigenvalue weighted by atomic mass is 10.2. The second-order valence-corrected chi connectivity index (χ2v) is 6.67. The minimum Gasteiger partial charge on any atom is -0.497 e. The van der Waals surface area contributed by atoms with Gasteiger partial charge in [-0.05, 0) is 56.3 Å². The fourth-order valence-corrected chi connectivity index (χ4v) is 3.11. The van der Waals surface area contributed by atoms with Crippen molar-refractivity contribution in [2.45, 2.75) is 13.8 Å². The highest BCUT2D eigenvalue weighted by atomic mass is 16.5. The largest absolute Gasteiger partial charge is 0.497 e. The van der Waals surface area contributed by atoms with Crippen molar-refractivity contribution in [3.05, 3.63) is 77.6 Å². The predicted octanol–water partition coefficient (Wildman–Crippen LogP) is 4.35. The Morgan fingerprint density at radius 2 is 1.76 bits per heavy atom. The Morgan fingerprint density at radius 1 is 1.03 bits per heavy atom. The Bertz CT molecular complexity index is 1170. The summed E-state index contributed by atoms with van der Waals surface area (Å²) in [5.41, 5.74) is 4.27. The van der Waals surface area contributed by atoms with Crippen LogP contribution in [0.15, 0.2) is 60.7 Å². The van der Waals surface area contributed by atoms with Gasteiger partial charge in [0.15, 0.2) is 11.5 Å². The Labute approximate surface area is 168 Å². The summed E-state index contributed by atoms with van der Waals surface area (Å²) in [4.78, 5) is 17.4. The third kappa shape index (κ3) is 3.75. The van der Waals surface area contributed by atoms with Crippen LogP contribution in [-0.4, -0.2) is 27.6 Å². The number of methoxy groups -OCH3 is 1. The van der Waals surface area contributed by atoms with E-state index in [1.807, 2.05) is 62.4 Å². The van der Waals surface area contributed by atoms with Crippen molar-refractivity contribution >= 4 is 28.7 Å². The minimum absolute atomic E-state index is 0.223. The zero-order valence-electron chi connectivity index (χ0n) is 16.4. The van der Waals surface area contributed by atoms with Crippen molar-refractivity contribution in [1.29, 1.82) is 0 Å². The number of nitrogens with zero attached hydrogens (tertiary/aromatic N) is 3. The molecule has 7 nitrogen and oxygen atoms in total. The molecule has 0 bridgehead atoms. The van der Waals surface area contributed by atoms with E-state index in [-0.39, 0.29) is 5.91 Å². The SMILES string of the molecule is COc1ccc(Nc2nn3c(C)cc(C)nc3c2NC(=O)c2ccccc2)cc1. The zero-order valence-corrected chi connectivity index (χ0v) is 16.4. The van der Waals surface area contributed by atoms with Gasteiger partial charge in [-0.2, -0.15) is 0 Å². The molecule has 2 heterocycles. The first-order valence-electron chi connectivity index (χ1n) is 9.19. The molecule has 0 aliphatic rings.